The molecule has 0 unspecified atom stereocenters. The molecule has 1 aromatic heterocycles. The van der Waals surface area contributed by atoms with Crippen LogP contribution in [0, 0.1) is 6.57 Å². The van der Waals surface area contributed by atoms with E-state index in [4.69, 9.17) is 11.3 Å². The summed E-state index contributed by atoms with van der Waals surface area (Å²) >= 11 is 3.29. The third-order valence-corrected chi connectivity index (χ3v) is 3.50. The average molecular weight is 374 g/mol. The van der Waals surface area contributed by atoms with Gasteiger partial charge in [-0.25, -0.2) is 9.83 Å². The summed E-state index contributed by atoms with van der Waals surface area (Å²) in [6.45, 7) is 13.2. The van der Waals surface area contributed by atoms with E-state index in [1.807, 2.05) is 20.8 Å². The van der Waals surface area contributed by atoms with Crippen molar-refractivity contribution in [1.29, 1.82) is 0 Å². The van der Waals surface area contributed by atoms with Crippen LogP contribution in [0.3, 0.4) is 0 Å². The van der Waals surface area contributed by atoms with Crippen LogP contribution in [0.25, 0.3) is 4.85 Å². The van der Waals surface area contributed by atoms with Crippen LogP contribution in [0.15, 0.2) is 34.8 Å². The lowest BCUT2D eigenvalue weighted by Crippen LogP contribution is -2.26. The number of halogens is 1. The van der Waals surface area contributed by atoms with Crippen molar-refractivity contribution < 1.29 is 9.53 Å². The maximum atomic E-state index is 11.0. The highest BCUT2D eigenvalue weighted by Crippen LogP contribution is 2.31. The normalized spacial score (nSPS) is 10.7. The van der Waals surface area contributed by atoms with Crippen molar-refractivity contribution in [1.82, 2.24) is 4.98 Å². The van der Waals surface area contributed by atoms with Gasteiger partial charge in [0.1, 0.15) is 11.6 Å². The van der Waals surface area contributed by atoms with Gasteiger partial charge >= 0.3 is 0 Å². The van der Waals surface area contributed by atoms with Crippen LogP contribution < -0.4 is 10.1 Å². The van der Waals surface area contributed by atoms with E-state index in [1.54, 1.807) is 30.3 Å². The highest BCUT2D eigenvalue weighted by Gasteiger charge is 2.15. The fourth-order valence-corrected chi connectivity index (χ4v) is 2.16. The standard InChI is InChI=1S/C17H16BrN3O2/c1-17(2,3)21-16-14(19-4)7-8-15(20-16)23-12-5-6-13(18)11(9-12)10-22/h5-10H,1-3H3,(H,20,21). The van der Waals surface area contributed by atoms with Crippen molar-refractivity contribution in [2.24, 2.45) is 0 Å². The summed E-state index contributed by atoms with van der Waals surface area (Å²) in [4.78, 5) is 18.8. The molecule has 6 heteroatoms. The van der Waals surface area contributed by atoms with E-state index in [1.165, 1.54) is 0 Å². The highest BCUT2D eigenvalue weighted by atomic mass is 79.9. The Labute approximate surface area is 143 Å². The van der Waals surface area contributed by atoms with E-state index in [0.29, 0.717) is 33.2 Å². The molecule has 0 aliphatic carbocycles. The van der Waals surface area contributed by atoms with Gasteiger partial charge in [0.05, 0.1) is 6.57 Å². The molecular formula is C17H16BrN3O2. The molecule has 2 rings (SSSR count). The first-order valence-corrected chi connectivity index (χ1v) is 7.71. The molecule has 0 saturated heterocycles. The Hall–Kier alpha value is -2.39. The number of hydrogen-bond acceptors (Lipinski definition) is 4. The molecule has 0 bridgehead atoms. The second-order valence-electron chi connectivity index (χ2n) is 5.91. The zero-order chi connectivity index (χ0) is 17.0. The second kappa shape index (κ2) is 6.80. The number of ether oxygens (including phenoxy) is 1. The number of aldehydes is 1. The molecule has 0 amide bonds. The van der Waals surface area contributed by atoms with E-state index in [9.17, 15) is 4.79 Å². The zero-order valence-corrected chi connectivity index (χ0v) is 14.6. The Morgan fingerprint density at radius 3 is 2.65 bits per heavy atom. The number of hydrogen-bond donors (Lipinski definition) is 1. The Kier molecular flexibility index (Phi) is 5.02. The molecule has 23 heavy (non-hydrogen) atoms. The van der Waals surface area contributed by atoms with E-state index < -0.39 is 0 Å². The highest BCUT2D eigenvalue weighted by molar-refractivity contribution is 9.10. The number of carbonyl (C=O) groups is 1. The Bertz CT molecular complexity index is 776. The third-order valence-electron chi connectivity index (χ3n) is 2.78. The van der Waals surface area contributed by atoms with Gasteiger partial charge in [0, 0.05) is 15.6 Å². The summed E-state index contributed by atoms with van der Waals surface area (Å²) in [5.41, 5.74) is 0.692. The molecule has 2 aromatic rings. The molecule has 0 spiro atoms. The zero-order valence-electron chi connectivity index (χ0n) is 13.1. The summed E-state index contributed by atoms with van der Waals surface area (Å²) in [6, 6.07) is 8.38. The van der Waals surface area contributed by atoms with Crippen LogP contribution in [0.4, 0.5) is 11.5 Å². The number of benzene rings is 1. The quantitative estimate of drug-likeness (QED) is 0.590. The van der Waals surface area contributed by atoms with Gasteiger partial charge in [0.15, 0.2) is 6.29 Å². The number of rotatable bonds is 4. The SMILES string of the molecule is [C-]#[N+]c1ccc(Oc2ccc(Br)c(C=O)c2)nc1NC(C)(C)C. The fourth-order valence-electron chi connectivity index (χ4n) is 1.82. The van der Waals surface area contributed by atoms with Gasteiger partial charge in [0.25, 0.3) is 0 Å². The van der Waals surface area contributed by atoms with Crippen molar-refractivity contribution in [3.8, 4) is 11.6 Å². The molecule has 0 aliphatic rings. The van der Waals surface area contributed by atoms with Crippen LogP contribution >= 0.6 is 15.9 Å². The second-order valence-corrected chi connectivity index (χ2v) is 6.76. The summed E-state index contributed by atoms with van der Waals surface area (Å²) in [6.07, 6.45) is 0.749. The minimum atomic E-state index is -0.229. The largest absolute Gasteiger partial charge is 0.439 e. The van der Waals surface area contributed by atoms with Gasteiger partial charge in [-0.1, -0.05) is 15.9 Å². The van der Waals surface area contributed by atoms with Crippen molar-refractivity contribution >= 4 is 33.7 Å². The molecule has 0 saturated carbocycles. The van der Waals surface area contributed by atoms with Gasteiger partial charge in [-0.05, 0) is 51.1 Å². The lowest BCUT2D eigenvalue weighted by molar-refractivity contribution is 0.112. The van der Waals surface area contributed by atoms with Gasteiger partial charge in [-0.3, -0.25) is 4.79 Å². The summed E-state index contributed by atoms with van der Waals surface area (Å²) in [5.74, 6) is 1.32. The Morgan fingerprint density at radius 2 is 2.04 bits per heavy atom. The number of carbonyl (C=O) groups excluding carboxylic acids is 1. The molecule has 5 nitrogen and oxygen atoms in total. The first kappa shape index (κ1) is 17.0. The number of anilines is 1. The molecule has 0 atom stereocenters. The van der Waals surface area contributed by atoms with Gasteiger partial charge in [0.2, 0.25) is 11.6 Å². The number of nitrogens with zero attached hydrogens (tertiary/aromatic N) is 2. The van der Waals surface area contributed by atoms with Crippen LogP contribution in [0.1, 0.15) is 31.1 Å². The van der Waals surface area contributed by atoms with E-state index >= 15 is 0 Å². The van der Waals surface area contributed by atoms with Crippen LogP contribution in [0.5, 0.6) is 11.6 Å². The number of aromatic nitrogens is 1. The van der Waals surface area contributed by atoms with Crippen molar-refractivity contribution in [3.05, 3.63) is 51.8 Å². The maximum absolute atomic E-state index is 11.0. The summed E-state index contributed by atoms with van der Waals surface area (Å²) in [7, 11) is 0. The smallest absolute Gasteiger partial charge is 0.228 e. The van der Waals surface area contributed by atoms with Crippen molar-refractivity contribution in [2.45, 2.75) is 26.3 Å². The Morgan fingerprint density at radius 1 is 1.30 bits per heavy atom. The van der Waals surface area contributed by atoms with Gasteiger partial charge in [-0.15, -0.1) is 0 Å². The Balaban J connectivity index is 2.32. The number of pyridine rings is 1. The predicted molar refractivity (Wildman–Crippen MR) is 93.5 cm³/mol. The molecule has 118 valence electrons. The molecule has 1 N–H and O–H groups in total. The minimum absolute atomic E-state index is 0.229. The number of nitrogens with one attached hydrogen (secondary N) is 1. The van der Waals surface area contributed by atoms with Crippen LogP contribution in [-0.2, 0) is 0 Å². The van der Waals surface area contributed by atoms with Crippen molar-refractivity contribution in [2.75, 3.05) is 5.32 Å². The lowest BCUT2D eigenvalue weighted by atomic mass is 10.1. The average Bonchev–Trinajstić information content (AvgIpc) is 2.48. The summed E-state index contributed by atoms with van der Waals surface area (Å²) in [5, 5.41) is 3.19. The van der Waals surface area contributed by atoms with Crippen molar-refractivity contribution in [3.63, 3.8) is 0 Å². The molecule has 0 radical (unpaired) electrons. The van der Waals surface area contributed by atoms with E-state index in [0.717, 1.165) is 6.29 Å². The molecule has 1 heterocycles. The molecule has 0 fully saturated rings. The molecular weight excluding hydrogens is 358 g/mol. The van der Waals surface area contributed by atoms with E-state index in [2.05, 4.69) is 31.1 Å². The maximum Gasteiger partial charge on any atom is 0.228 e. The third kappa shape index (κ3) is 4.54. The van der Waals surface area contributed by atoms with Gasteiger partial charge in [-0.2, -0.15) is 0 Å². The fraction of sp³-hybridized carbons (Fsp3) is 0.235. The molecule has 1 aromatic carbocycles. The predicted octanol–water partition coefficient (Wildman–Crippen LogP) is 5.21. The lowest BCUT2D eigenvalue weighted by Gasteiger charge is -2.22. The first-order chi connectivity index (χ1) is 10.8. The van der Waals surface area contributed by atoms with E-state index in [-0.39, 0.29) is 5.54 Å². The minimum Gasteiger partial charge on any atom is -0.439 e. The summed E-state index contributed by atoms with van der Waals surface area (Å²) < 4.78 is 6.40. The topological polar surface area (TPSA) is 55.6 Å². The molecule has 0 aliphatic heterocycles. The first-order valence-electron chi connectivity index (χ1n) is 6.91. The van der Waals surface area contributed by atoms with Crippen LogP contribution in [-0.4, -0.2) is 16.8 Å². The monoisotopic (exact) mass is 373 g/mol. The van der Waals surface area contributed by atoms with Gasteiger partial charge < -0.3 is 10.1 Å². The van der Waals surface area contributed by atoms with Crippen LogP contribution in [0.2, 0.25) is 0 Å².